The molecular formula is C12H17N3O2. The number of nitrogens with two attached hydrogens (primary N) is 1. The van der Waals surface area contributed by atoms with Crippen molar-refractivity contribution in [2.24, 2.45) is 5.73 Å². The fourth-order valence-corrected chi connectivity index (χ4v) is 2.14. The lowest BCUT2D eigenvalue weighted by atomic mass is 10.2. The minimum absolute atomic E-state index is 0.0401. The highest BCUT2D eigenvalue weighted by Gasteiger charge is 2.19. The molecule has 1 aromatic heterocycles. The molecule has 0 bridgehead atoms. The Balaban J connectivity index is 1.99. The number of rotatable bonds is 4. The van der Waals surface area contributed by atoms with Gasteiger partial charge in [0.2, 0.25) is 0 Å². The van der Waals surface area contributed by atoms with Crippen LogP contribution in [0.5, 0.6) is 0 Å². The van der Waals surface area contributed by atoms with E-state index in [-0.39, 0.29) is 24.3 Å². The van der Waals surface area contributed by atoms with E-state index in [1.165, 1.54) is 19.0 Å². The summed E-state index contributed by atoms with van der Waals surface area (Å²) in [7, 11) is 0. The van der Waals surface area contributed by atoms with E-state index < -0.39 is 0 Å². The van der Waals surface area contributed by atoms with Crippen LogP contribution in [0.15, 0.2) is 12.3 Å². The van der Waals surface area contributed by atoms with Crippen molar-refractivity contribution in [3.63, 3.8) is 0 Å². The van der Waals surface area contributed by atoms with Gasteiger partial charge in [-0.3, -0.25) is 9.59 Å². The Bertz CT molecular complexity index is 419. The van der Waals surface area contributed by atoms with Gasteiger partial charge in [-0.15, -0.1) is 0 Å². The van der Waals surface area contributed by atoms with Crippen LogP contribution >= 0.6 is 0 Å². The predicted octanol–water partition coefficient (Wildman–Crippen LogP) is 0.828. The highest BCUT2D eigenvalue weighted by molar-refractivity contribution is 6.01. The van der Waals surface area contributed by atoms with E-state index in [4.69, 9.17) is 5.73 Å². The molecule has 1 fully saturated rings. The molecule has 1 amide bonds. The number of amides is 1. The maximum absolute atomic E-state index is 11.8. The number of hydrogen-bond acceptors (Lipinski definition) is 3. The maximum Gasteiger partial charge on any atom is 0.267 e. The summed E-state index contributed by atoms with van der Waals surface area (Å²) in [4.78, 5) is 26.0. The molecule has 1 aromatic rings. The van der Waals surface area contributed by atoms with Gasteiger partial charge < -0.3 is 16.0 Å². The van der Waals surface area contributed by atoms with Crippen LogP contribution < -0.4 is 11.1 Å². The fraction of sp³-hybridized carbons (Fsp3) is 0.500. The molecular weight excluding hydrogens is 218 g/mol. The van der Waals surface area contributed by atoms with E-state index in [2.05, 4.69) is 10.3 Å². The van der Waals surface area contributed by atoms with E-state index in [0.29, 0.717) is 11.3 Å². The quantitative estimate of drug-likeness (QED) is 0.675. The van der Waals surface area contributed by atoms with Crippen molar-refractivity contribution in [1.82, 2.24) is 10.3 Å². The van der Waals surface area contributed by atoms with Crippen LogP contribution in [0.1, 0.15) is 46.5 Å². The topological polar surface area (TPSA) is 88.0 Å². The molecule has 0 atom stereocenters. The molecule has 1 saturated carbocycles. The average Bonchev–Trinajstić information content (AvgIpc) is 2.98. The van der Waals surface area contributed by atoms with E-state index >= 15 is 0 Å². The summed E-state index contributed by atoms with van der Waals surface area (Å²) >= 11 is 0. The van der Waals surface area contributed by atoms with Gasteiger partial charge in [0.15, 0.2) is 5.78 Å². The van der Waals surface area contributed by atoms with Crippen molar-refractivity contribution in [3.8, 4) is 0 Å². The zero-order chi connectivity index (χ0) is 12.3. The number of Topliss-reactive ketones (excluding diaryl/α,β-unsaturated/α-hetero) is 1. The Morgan fingerprint density at radius 2 is 2.12 bits per heavy atom. The molecule has 5 nitrogen and oxygen atoms in total. The number of aromatic nitrogens is 1. The number of H-pyrrole nitrogens is 1. The first-order valence-corrected chi connectivity index (χ1v) is 5.93. The van der Waals surface area contributed by atoms with Crippen molar-refractivity contribution in [2.45, 2.75) is 31.7 Å². The lowest BCUT2D eigenvalue weighted by Gasteiger charge is -2.10. The molecule has 5 heteroatoms. The van der Waals surface area contributed by atoms with Crippen LogP contribution in [-0.2, 0) is 0 Å². The first-order valence-electron chi connectivity index (χ1n) is 5.93. The molecule has 17 heavy (non-hydrogen) atoms. The Kier molecular flexibility index (Phi) is 3.58. The number of hydrogen-bond donors (Lipinski definition) is 3. The van der Waals surface area contributed by atoms with Gasteiger partial charge in [-0.1, -0.05) is 12.8 Å². The number of aromatic amines is 1. The van der Waals surface area contributed by atoms with E-state index in [1.807, 2.05) is 0 Å². The van der Waals surface area contributed by atoms with Gasteiger partial charge in [-0.2, -0.15) is 0 Å². The van der Waals surface area contributed by atoms with E-state index in [1.54, 1.807) is 6.07 Å². The molecule has 0 radical (unpaired) electrons. The van der Waals surface area contributed by atoms with Gasteiger partial charge >= 0.3 is 0 Å². The van der Waals surface area contributed by atoms with Crippen molar-refractivity contribution in [1.29, 1.82) is 0 Å². The second-order valence-electron chi connectivity index (χ2n) is 4.38. The third-order valence-electron chi connectivity index (χ3n) is 3.13. The van der Waals surface area contributed by atoms with Crippen LogP contribution in [0.2, 0.25) is 0 Å². The van der Waals surface area contributed by atoms with Crippen LogP contribution in [0.4, 0.5) is 0 Å². The normalized spacial score (nSPS) is 16.1. The summed E-state index contributed by atoms with van der Waals surface area (Å²) in [5, 5.41) is 2.95. The van der Waals surface area contributed by atoms with Crippen molar-refractivity contribution >= 4 is 11.7 Å². The maximum atomic E-state index is 11.8. The predicted molar refractivity (Wildman–Crippen MR) is 63.9 cm³/mol. The molecule has 1 aliphatic rings. The second-order valence-corrected chi connectivity index (χ2v) is 4.38. The fourth-order valence-electron chi connectivity index (χ4n) is 2.14. The third-order valence-corrected chi connectivity index (χ3v) is 3.13. The molecule has 0 spiro atoms. The minimum atomic E-state index is -0.166. The van der Waals surface area contributed by atoms with Gasteiger partial charge in [-0.05, 0) is 18.9 Å². The molecule has 1 aliphatic carbocycles. The van der Waals surface area contributed by atoms with E-state index in [9.17, 15) is 9.59 Å². The Morgan fingerprint density at radius 1 is 1.41 bits per heavy atom. The number of ketones is 1. The summed E-state index contributed by atoms with van der Waals surface area (Å²) < 4.78 is 0. The Labute approximate surface area is 99.8 Å². The molecule has 0 saturated heterocycles. The summed E-state index contributed by atoms with van der Waals surface area (Å²) in [6.07, 6.45) is 5.96. The first kappa shape index (κ1) is 11.9. The van der Waals surface area contributed by atoms with Crippen LogP contribution in [-0.4, -0.2) is 29.3 Å². The highest BCUT2D eigenvalue weighted by atomic mass is 16.2. The SMILES string of the molecule is NCC(=O)c1c[nH]c(C(=O)NC2CCCC2)c1. The smallest absolute Gasteiger partial charge is 0.267 e. The second kappa shape index (κ2) is 5.14. The molecule has 4 N–H and O–H groups in total. The van der Waals surface area contributed by atoms with Gasteiger partial charge in [-0.25, -0.2) is 0 Å². The molecule has 1 heterocycles. The average molecular weight is 235 g/mol. The van der Waals surface area contributed by atoms with Crippen LogP contribution in [0.25, 0.3) is 0 Å². The molecule has 2 rings (SSSR count). The lowest BCUT2D eigenvalue weighted by molar-refractivity contribution is 0.0933. The summed E-state index contributed by atoms with van der Waals surface area (Å²) in [6.45, 7) is -0.0401. The van der Waals surface area contributed by atoms with Gasteiger partial charge in [0, 0.05) is 17.8 Å². The Hall–Kier alpha value is -1.62. The van der Waals surface area contributed by atoms with E-state index in [0.717, 1.165) is 12.8 Å². The van der Waals surface area contributed by atoms with Gasteiger partial charge in [0.1, 0.15) is 5.69 Å². The first-order chi connectivity index (χ1) is 8.20. The summed E-state index contributed by atoms with van der Waals surface area (Å²) in [6, 6.07) is 1.83. The van der Waals surface area contributed by atoms with Gasteiger partial charge in [0.25, 0.3) is 5.91 Å². The highest BCUT2D eigenvalue weighted by Crippen LogP contribution is 2.18. The largest absolute Gasteiger partial charge is 0.356 e. The summed E-state index contributed by atoms with van der Waals surface area (Å²) in [5.74, 6) is -0.311. The molecule has 92 valence electrons. The van der Waals surface area contributed by atoms with Gasteiger partial charge in [0.05, 0.1) is 6.54 Å². The minimum Gasteiger partial charge on any atom is -0.356 e. The van der Waals surface area contributed by atoms with Crippen LogP contribution in [0, 0.1) is 0 Å². The zero-order valence-corrected chi connectivity index (χ0v) is 9.66. The molecule has 0 aromatic carbocycles. The molecule has 0 aliphatic heterocycles. The monoisotopic (exact) mass is 235 g/mol. The number of carbonyl (C=O) groups excluding carboxylic acids is 2. The Morgan fingerprint density at radius 3 is 2.76 bits per heavy atom. The standard InChI is InChI=1S/C12H17N3O2/c13-6-11(16)8-5-10(14-7-8)12(17)15-9-3-1-2-4-9/h5,7,9,14H,1-4,6,13H2,(H,15,17). The van der Waals surface area contributed by atoms with Crippen molar-refractivity contribution in [2.75, 3.05) is 6.54 Å². The number of nitrogens with one attached hydrogen (secondary N) is 2. The number of carbonyl (C=O) groups is 2. The molecule has 0 unspecified atom stereocenters. The summed E-state index contributed by atoms with van der Waals surface area (Å²) in [5.41, 5.74) is 6.14. The lowest BCUT2D eigenvalue weighted by Crippen LogP contribution is -2.32. The van der Waals surface area contributed by atoms with Crippen LogP contribution in [0.3, 0.4) is 0 Å². The third kappa shape index (κ3) is 2.74. The zero-order valence-electron chi connectivity index (χ0n) is 9.66. The van der Waals surface area contributed by atoms with Crippen molar-refractivity contribution < 1.29 is 9.59 Å². The van der Waals surface area contributed by atoms with Crippen molar-refractivity contribution in [3.05, 3.63) is 23.5 Å².